The van der Waals surface area contributed by atoms with E-state index in [1.54, 1.807) is 13.3 Å². The maximum atomic E-state index is 6.38. The molecule has 0 radical (unpaired) electrons. The SMILES string of the molecule is COc1ccc(-c2ccc3c(c2)COC2(CCN(C4CCC4)CC2)O3)nc1. The predicted molar refractivity (Wildman–Crippen MR) is 103 cm³/mol. The normalized spacial score (nSPS) is 22.0. The number of pyridine rings is 1. The van der Waals surface area contributed by atoms with Crippen molar-refractivity contribution in [2.75, 3.05) is 20.2 Å². The van der Waals surface area contributed by atoms with Gasteiger partial charge >= 0.3 is 0 Å². The van der Waals surface area contributed by atoms with Crippen molar-refractivity contribution in [1.82, 2.24) is 9.88 Å². The van der Waals surface area contributed by atoms with E-state index in [1.165, 1.54) is 19.3 Å². The molecule has 1 saturated heterocycles. The molecule has 142 valence electrons. The lowest BCUT2D eigenvalue weighted by Gasteiger charge is -2.47. The summed E-state index contributed by atoms with van der Waals surface area (Å²) in [6.45, 7) is 2.75. The standard InChI is InChI=1S/C22H26N2O3/c1-25-19-6-7-20(23-14-19)16-5-8-21-17(13-16)15-26-22(27-21)9-11-24(12-10-22)18-3-2-4-18/h5-8,13-14,18H,2-4,9-12,15H2,1H3. The van der Waals surface area contributed by atoms with Crippen LogP contribution in [-0.2, 0) is 11.3 Å². The number of benzene rings is 1. The summed E-state index contributed by atoms with van der Waals surface area (Å²) in [6, 6.07) is 11.0. The Kier molecular flexibility index (Phi) is 4.29. The molecule has 0 bridgehead atoms. The summed E-state index contributed by atoms with van der Waals surface area (Å²) in [5.41, 5.74) is 3.09. The van der Waals surface area contributed by atoms with Crippen LogP contribution in [-0.4, -0.2) is 41.9 Å². The van der Waals surface area contributed by atoms with Crippen LogP contribution >= 0.6 is 0 Å². The van der Waals surface area contributed by atoms with Crippen LogP contribution in [0.5, 0.6) is 11.5 Å². The van der Waals surface area contributed by atoms with Gasteiger partial charge in [0.15, 0.2) is 0 Å². The van der Waals surface area contributed by atoms with Crippen molar-refractivity contribution < 1.29 is 14.2 Å². The van der Waals surface area contributed by atoms with E-state index in [4.69, 9.17) is 14.2 Å². The quantitative estimate of drug-likeness (QED) is 0.821. The molecule has 5 heteroatoms. The van der Waals surface area contributed by atoms with Gasteiger partial charge in [-0.15, -0.1) is 0 Å². The van der Waals surface area contributed by atoms with Crippen LogP contribution in [0.15, 0.2) is 36.5 Å². The minimum absolute atomic E-state index is 0.437. The topological polar surface area (TPSA) is 43.8 Å². The Hall–Kier alpha value is -2.11. The molecule has 0 amide bonds. The molecule has 2 aliphatic heterocycles. The molecule has 5 rings (SSSR count). The van der Waals surface area contributed by atoms with E-state index in [9.17, 15) is 0 Å². The highest BCUT2D eigenvalue weighted by Gasteiger charge is 2.42. The van der Waals surface area contributed by atoms with Gasteiger partial charge < -0.3 is 14.2 Å². The smallest absolute Gasteiger partial charge is 0.213 e. The number of rotatable bonds is 3. The third-order valence-corrected chi connectivity index (χ3v) is 6.27. The predicted octanol–water partition coefficient (Wildman–Crippen LogP) is 4.01. The zero-order chi connectivity index (χ0) is 18.3. The monoisotopic (exact) mass is 366 g/mol. The highest BCUT2D eigenvalue weighted by atomic mass is 16.7. The van der Waals surface area contributed by atoms with E-state index >= 15 is 0 Å². The van der Waals surface area contributed by atoms with E-state index in [2.05, 4.69) is 28.1 Å². The van der Waals surface area contributed by atoms with Gasteiger partial charge in [0.1, 0.15) is 11.5 Å². The van der Waals surface area contributed by atoms with Gasteiger partial charge in [-0.2, -0.15) is 0 Å². The Morgan fingerprint density at radius 2 is 2.00 bits per heavy atom. The van der Waals surface area contributed by atoms with Crippen LogP contribution in [0, 0.1) is 0 Å². The van der Waals surface area contributed by atoms with Crippen molar-refractivity contribution in [2.24, 2.45) is 0 Å². The van der Waals surface area contributed by atoms with Gasteiger partial charge in [0.25, 0.3) is 0 Å². The van der Waals surface area contributed by atoms with Gasteiger partial charge in [-0.05, 0) is 43.2 Å². The lowest BCUT2D eigenvalue weighted by molar-refractivity contribution is -0.231. The number of likely N-dealkylation sites (tertiary alicyclic amines) is 1. The molecule has 1 aromatic heterocycles. The van der Waals surface area contributed by atoms with Gasteiger partial charge in [-0.1, -0.05) is 6.42 Å². The summed E-state index contributed by atoms with van der Waals surface area (Å²) in [5.74, 6) is 1.28. The number of hydrogen-bond donors (Lipinski definition) is 0. The third-order valence-electron chi connectivity index (χ3n) is 6.27. The summed E-state index contributed by atoms with van der Waals surface area (Å²) in [6.07, 6.45) is 7.75. The first-order valence-electron chi connectivity index (χ1n) is 9.95. The fourth-order valence-electron chi connectivity index (χ4n) is 4.29. The average molecular weight is 366 g/mol. The largest absolute Gasteiger partial charge is 0.495 e. The van der Waals surface area contributed by atoms with Gasteiger partial charge in [-0.25, -0.2) is 0 Å². The van der Waals surface area contributed by atoms with Gasteiger partial charge in [0.2, 0.25) is 5.79 Å². The lowest BCUT2D eigenvalue weighted by Crippen LogP contribution is -2.54. The second-order valence-corrected chi connectivity index (χ2v) is 7.83. The Labute approximate surface area is 160 Å². The van der Waals surface area contributed by atoms with E-state index in [1.807, 2.05) is 12.1 Å². The summed E-state index contributed by atoms with van der Waals surface area (Å²) >= 11 is 0. The van der Waals surface area contributed by atoms with Gasteiger partial charge in [0.05, 0.1) is 25.6 Å². The summed E-state index contributed by atoms with van der Waals surface area (Å²) < 4.78 is 17.8. The molecule has 0 atom stereocenters. The molecule has 1 spiro atoms. The van der Waals surface area contributed by atoms with Crippen LogP contribution in [0.1, 0.15) is 37.7 Å². The first-order chi connectivity index (χ1) is 13.2. The van der Waals surface area contributed by atoms with Crippen LogP contribution in [0.4, 0.5) is 0 Å². The molecule has 3 heterocycles. The van der Waals surface area contributed by atoms with Crippen LogP contribution < -0.4 is 9.47 Å². The molecule has 2 aromatic rings. The van der Waals surface area contributed by atoms with Crippen molar-refractivity contribution in [3.05, 3.63) is 42.1 Å². The van der Waals surface area contributed by atoms with E-state index in [0.29, 0.717) is 6.61 Å². The Morgan fingerprint density at radius 1 is 1.15 bits per heavy atom. The molecule has 2 fully saturated rings. The first kappa shape index (κ1) is 17.0. The molecule has 5 nitrogen and oxygen atoms in total. The summed E-state index contributed by atoms with van der Waals surface area (Å²) in [7, 11) is 1.65. The van der Waals surface area contributed by atoms with E-state index in [-0.39, 0.29) is 0 Å². The van der Waals surface area contributed by atoms with Gasteiger partial charge in [-0.3, -0.25) is 9.88 Å². The maximum absolute atomic E-state index is 6.38. The minimum atomic E-state index is -0.437. The molecule has 27 heavy (non-hydrogen) atoms. The molecular formula is C22H26N2O3. The number of aromatic nitrogens is 1. The number of nitrogens with zero attached hydrogens (tertiary/aromatic N) is 2. The summed E-state index contributed by atoms with van der Waals surface area (Å²) in [5, 5.41) is 0. The highest BCUT2D eigenvalue weighted by Crippen LogP contribution is 2.40. The lowest BCUT2D eigenvalue weighted by atomic mass is 9.89. The maximum Gasteiger partial charge on any atom is 0.213 e. The van der Waals surface area contributed by atoms with Crippen LogP contribution in [0.2, 0.25) is 0 Å². The van der Waals surface area contributed by atoms with Crippen LogP contribution in [0.3, 0.4) is 0 Å². The van der Waals surface area contributed by atoms with Crippen molar-refractivity contribution in [1.29, 1.82) is 0 Å². The summed E-state index contributed by atoms with van der Waals surface area (Å²) in [4.78, 5) is 7.10. The van der Waals surface area contributed by atoms with E-state index < -0.39 is 5.79 Å². The van der Waals surface area contributed by atoms with Crippen molar-refractivity contribution in [2.45, 2.75) is 50.5 Å². The number of fused-ring (bicyclic) bond motifs is 1. The zero-order valence-corrected chi connectivity index (χ0v) is 15.8. The number of ether oxygens (including phenoxy) is 3. The van der Waals surface area contributed by atoms with E-state index in [0.717, 1.165) is 60.3 Å². The van der Waals surface area contributed by atoms with Crippen molar-refractivity contribution in [3.63, 3.8) is 0 Å². The number of piperidine rings is 1. The molecule has 1 aliphatic carbocycles. The Bertz CT molecular complexity index is 809. The highest BCUT2D eigenvalue weighted by molar-refractivity contribution is 5.62. The molecular weight excluding hydrogens is 340 g/mol. The second kappa shape index (κ2) is 6.80. The Balaban J connectivity index is 1.30. The third kappa shape index (κ3) is 3.19. The van der Waals surface area contributed by atoms with Crippen LogP contribution in [0.25, 0.3) is 11.3 Å². The number of methoxy groups -OCH3 is 1. The van der Waals surface area contributed by atoms with Crippen molar-refractivity contribution in [3.8, 4) is 22.8 Å². The average Bonchev–Trinajstić information content (AvgIpc) is 2.68. The first-order valence-corrected chi connectivity index (χ1v) is 9.95. The minimum Gasteiger partial charge on any atom is -0.495 e. The zero-order valence-electron chi connectivity index (χ0n) is 15.8. The van der Waals surface area contributed by atoms with Crippen molar-refractivity contribution >= 4 is 0 Å². The molecule has 0 unspecified atom stereocenters. The van der Waals surface area contributed by atoms with Gasteiger partial charge in [0, 0.05) is 43.1 Å². The molecule has 0 N–H and O–H groups in total. The Morgan fingerprint density at radius 3 is 2.67 bits per heavy atom. The fourth-order valence-corrected chi connectivity index (χ4v) is 4.29. The molecule has 3 aliphatic rings. The second-order valence-electron chi connectivity index (χ2n) is 7.83. The fraction of sp³-hybridized carbons (Fsp3) is 0.500. The number of hydrogen-bond acceptors (Lipinski definition) is 5. The molecule has 1 saturated carbocycles. The molecule has 1 aromatic carbocycles.